The summed E-state index contributed by atoms with van der Waals surface area (Å²) in [6, 6.07) is 7.05. The van der Waals surface area contributed by atoms with E-state index in [0.29, 0.717) is 10.6 Å². The molecule has 0 spiro atoms. The van der Waals surface area contributed by atoms with Gasteiger partial charge >= 0.3 is 5.97 Å². The molecular formula is C12H11ClN2O4. The Kier molecular flexibility index (Phi) is 4.13. The Morgan fingerprint density at radius 2 is 2.26 bits per heavy atom. The van der Waals surface area contributed by atoms with Gasteiger partial charge in [0.15, 0.2) is 11.9 Å². The van der Waals surface area contributed by atoms with E-state index in [1.165, 1.54) is 6.92 Å². The molecular weight excluding hydrogens is 272 g/mol. The van der Waals surface area contributed by atoms with Gasteiger partial charge in [0.1, 0.15) is 6.61 Å². The van der Waals surface area contributed by atoms with Crippen LogP contribution in [0, 0.1) is 0 Å². The highest BCUT2D eigenvalue weighted by Crippen LogP contribution is 2.25. The highest BCUT2D eigenvalue weighted by atomic mass is 35.5. The molecule has 0 amide bonds. The molecule has 0 saturated carbocycles. The number of carboxylic acids is 1. The van der Waals surface area contributed by atoms with Crippen molar-refractivity contribution in [3.05, 3.63) is 35.1 Å². The van der Waals surface area contributed by atoms with E-state index in [0.717, 1.165) is 0 Å². The predicted octanol–water partition coefficient (Wildman–Crippen LogP) is 2.38. The van der Waals surface area contributed by atoms with Crippen LogP contribution in [0.25, 0.3) is 11.5 Å². The molecule has 0 aliphatic heterocycles. The minimum absolute atomic E-state index is 0.0403. The third-order valence-corrected chi connectivity index (χ3v) is 2.71. The standard InChI is InChI=1S/C12H11ClN2O4/c1-7(12(16)17)18-6-10-14-11(19-15-10)8-4-2-3-5-9(8)13/h2-5,7H,6H2,1H3,(H,16,17)/t7-/m1/s1. The van der Waals surface area contributed by atoms with E-state index in [4.69, 9.17) is 26.0 Å². The number of carboxylic acid groups (broad SMARTS) is 1. The molecule has 19 heavy (non-hydrogen) atoms. The number of hydrogen-bond acceptors (Lipinski definition) is 5. The number of ether oxygens (including phenoxy) is 1. The number of aromatic nitrogens is 2. The van der Waals surface area contributed by atoms with Crippen LogP contribution in [0.15, 0.2) is 28.8 Å². The van der Waals surface area contributed by atoms with Crippen LogP contribution in [0.4, 0.5) is 0 Å². The van der Waals surface area contributed by atoms with Gasteiger partial charge in [0.05, 0.1) is 10.6 Å². The van der Waals surface area contributed by atoms with E-state index in [1.54, 1.807) is 24.3 Å². The molecule has 0 fully saturated rings. The van der Waals surface area contributed by atoms with Crippen molar-refractivity contribution in [2.45, 2.75) is 19.6 Å². The summed E-state index contributed by atoms with van der Waals surface area (Å²) in [5.74, 6) is -0.509. The zero-order valence-electron chi connectivity index (χ0n) is 10.0. The van der Waals surface area contributed by atoms with Gasteiger partial charge in [-0.05, 0) is 19.1 Å². The Morgan fingerprint density at radius 1 is 1.53 bits per heavy atom. The highest BCUT2D eigenvalue weighted by Gasteiger charge is 2.15. The van der Waals surface area contributed by atoms with Gasteiger partial charge in [-0.1, -0.05) is 28.9 Å². The minimum atomic E-state index is -1.05. The van der Waals surface area contributed by atoms with Crippen molar-refractivity contribution in [3.8, 4) is 11.5 Å². The fourth-order valence-electron chi connectivity index (χ4n) is 1.33. The van der Waals surface area contributed by atoms with Crippen molar-refractivity contribution in [2.75, 3.05) is 0 Å². The van der Waals surface area contributed by atoms with Crippen LogP contribution in [0.3, 0.4) is 0 Å². The number of halogens is 1. The number of rotatable bonds is 5. The summed E-state index contributed by atoms with van der Waals surface area (Å²) in [5.41, 5.74) is 0.620. The lowest BCUT2D eigenvalue weighted by Crippen LogP contribution is -2.19. The number of benzene rings is 1. The summed E-state index contributed by atoms with van der Waals surface area (Å²) in [6.07, 6.45) is -0.928. The maximum Gasteiger partial charge on any atom is 0.332 e. The fourth-order valence-corrected chi connectivity index (χ4v) is 1.54. The van der Waals surface area contributed by atoms with Crippen molar-refractivity contribution < 1.29 is 19.2 Å². The van der Waals surface area contributed by atoms with Crippen LogP contribution in [-0.4, -0.2) is 27.3 Å². The quantitative estimate of drug-likeness (QED) is 0.906. The molecule has 2 aromatic rings. The number of aliphatic carboxylic acids is 1. The fraction of sp³-hybridized carbons (Fsp3) is 0.250. The smallest absolute Gasteiger partial charge is 0.332 e. The molecule has 1 atom stereocenters. The van der Waals surface area contributed by atoms with E-state index in [-0.39, 0.29) is 18.3 Å². The molecule has 0 aliphatic rings. The maximum absolute atomic E-state index is 10.6. The van der Waals surface area contributed by atoms with Gasteiger partial charge in [-0.3, -0.25) is 0 Å². The lowest BCUT2D eigenvalue weighted by molar-refractivity contribution is -0.150. The van der Waals surface area contributed by atoms with Gasteiger partial charge in [0, 0.05) is 0 Å². The molecule has 0 radical (unpaired) electrons. The van der Waals surface area contributed by atoms with Crippen molar-refractivity contribution in [3.63, 3.8) is 0 Å². The summed E-state index contributed by atoms with van der Waals surface area (Å²) in [7, 11) is 0. The van der Waals surface area contributed by atoms with Crippen molar-refractivity contribution in [2.24, 2.45) is 0 Å². The molecule has 0 unspecified atom stereocenters. The first-order valence-electron chi connectivity index (χ1n) is 5.50. The maximum atomic E-state index is 10.6. The lowest BCUT2D eigenvalue weighted by atomic mass is 10.2. The second-order valence-corrected chi connectivity index (χ2v) is 4.19. The lowest BCUT2D eigenvalue weighted by Gasteiger charge is -2.04. The van der Waals surface area contributed by atoms with Gasteiger partial charge in [-0.25, -0.2) is 4.79 Å². The Morgan fingerprint density at radius 3 is 2.95 bits per heavy atom. The normalized spacial score (nSPS) is 12.3. The van der Waals surface area contributed by atoms with Crippen molar-refractivity contribution in [1.29, 1.82) is 0 Å². The minimum Gasteiger partial charge on any atom is -0.479 e. The zero-order valence-corrected chi connectivity index (χ0v) is 10.8. The molecule has 0 bridgehead atoms. The Balaban J connectivity index is 2.08. The zero-order chi connectivity index (χ0) is 13.8. The molecule has 1 heterocycles. The molecule has 6 nitrogen and oxygen atoms in total. The van der Waals surface area contributed by atoms with Crippen molar-refractivity contribution in [1.82, 2.24) is 10.1 Å². The Labute approximate surface area is 114 Å². The van der Waals surface area contributed by atoms with Gasteiger partial charge in [-0.15, -0.1) is 0 Å². The van der Waals surface area contributed by atoms with Crippen molar-refractivity contribution >= 4 is 17.6 Å². The van der Waals surface area contributed by atoms with Crippen LogP contribution in [0.2, 0.25) is 5.02 Å². The topological polar surface area (TPSA) is 85.5 Å². The second-order valence-electron chi connectivity index (χ2n) is 3.79. The summed E-state index contributed by atoms with van der Waals surface area (Å²) in [4.78, 5) is 14.7. The van der Waals surface area contributed by atoms with E-state index in [2.05, 4.69) is 10.1 Å². The number of hydrogen-bond donors (Lipinski definition) is 1. The average Bonchev–Trinajstić information content (AvgIpc) is 2.85. The SMILES string of the molecule is C[C@@H](OCc1noc(-c2ccccc2Cl)n1)C(=O)O. The van der Waals surface area contributed by atoms with Crippen LogP contribution < -0.4 is 0 Å². The summed E-state index contributed by atoms with van der Waals surface area (Å²) in [6.45, 7) is 1.39. The van der Waals surface area contributed by atoms with E-state index in [9.17, 15) is 4.79 Å². The first-order chi connectivity index (χ1) is 9.08. The molecule has 1 aromatic carbocycles. The molecule has 2 rings (SSSR count). The van der Waals surface area contributed by atoms with Crippen LogP contribution >= 0.6 is 11.6 Å². The van der Waals surface area contributed by atoms with Crippen LogP contribution in [0.5, 0.6) is 0 Å². The van der Waals surface area contributed by atoms with Gasteiger partial charge in [-0.2, -0.15) is 4.98 Å². The molecule has 1 aromatic heterocycles. The predicted molar refractivity (Wildman–Crippen MR) is 66.6 cm³/mol. The van der Waals surface area contributed by atoms with Crippen LogP contribution in [-0.2, 0) is 16.1 Å². The highest BCUT2D eigenvalue weighted by molar-refractivity contribution is 6.33. The number of nitrogens with zero attached hydrogens (tertiary/aromatic N) is 2. The second kappa shape index (κ2) is 5.81. The van der Waals surface area contributed by atoms with E-state index >= 15 is 0 Å². The third kappa shape index (κ3) is 3.30. The first kappa shape index (κ1) is 13.5. The first-order valence-corrected chi connectivity index (χ1v) is 5.87. The van der Waals surface area contributed by atoms with Gasteiger partial charge in [0.2, 0.25) is 0 Å². The van der Waals surface area contributed by atoms with Crippen LogP contribution in [0.1, 0.15) is 12.7 Å². The molecule has 7 heteroatoms. The van der Waals surface area contributed by atoms with E-state index < -0.39 is 12.1 Å². The average molecular weight is 283 g/mol. The molecule has 0 aliphatic carbocycles. The number of carbonyl (C=O) groups is 1. The summed E-state index contributed by atoms with van der Waals surface area (Å²) in [5, 5.41) is 12.9. The van der Waals surface area contributed by atoms with Gasteiger partial charge in [0.25, 0.3) is 5.89 Å². The van der Waals surface area contributed by atoms with E-state index in [1.807, 2.05) is 0 Å². The summed E-state index contributed by atoms with van der Waals surface area (Å²) < 4.78 is 10.1. The molecule has 1 N–H and O–H groups in total. The Bertz CT molecular complexity index is 585. The summed E-state index contributed by atoms with van der Waals surface area (Å²) >= 11 is 6.00. The monoisotopic (exact) mass is 282 g/mol. The largest absolute Gasteiger partial charge is 0.479 e. The van der Waals surface area contributed by atoms with Gasteiger partial charge < -0.3 is 14.4 Å². The molecule has 100 valence electrons. The third-order valence-electron chi connectivity index (χ3n) is 2.38. The Hall–Kier alpha value is -1.92. The molecule has 0 saturated heterocycles.